The van der Waals surface area contributed by atoms with E-state index in [9.17, 15) is 31.5 Å². The highest BCUT2D eigenvalue weighted by Crippen LogP contribution is 2.35. The van der Waals surface area contributed by atoms with E-state index in [0.717, 1.165) is 23.7 Å². The van der Waals surface area contributed by atoms with E-state index in [1.807, 2.05) is 0 Å². The second-order valence-electron chi connectivity index (χ2n) is 7.26. The van der Waals surface area contributed by atoms with Crippen LogP contribution in [0.4, 0.5) is 18.9 Å². The van der Waals surface area contributed by atoms with Gasteiger partial charge in [0.2, 0.25) is 0 Å². The molecule has 0 radical (unpaired) electrons. The van der Waals surface area contributed by atoms with Crippen LogP contribution in [0.25, 0.3) is 10.4 Å². The molecule has 0 aliphatic carbocycles. The fourth-order valence-electron chi connectivity index (χ4n) is 2.97. The van der Waals surface area contributed by atoms with Crippen LogP contribution in [-0.2, 0) is 9.84 Å². The minimum Gasteiger partial charge on any atom is -0.478 e. The van der Waals surface area contributed by atoms with Crippen molar-refractivity contribution in [3.63, 3.8) is 0 Å². The highest BCUT2D eigenvalue weighted by Gasteiger charge is 2.35. The number of carboxylic acid groups (broad SMARTS) is 1. The van der Waals surface area contributed by atoms with Gasteiger partial charge in [0, 0.05) is 27.5 Å². The molecule has 3 aromatic rings. The molecule has 0 bridgehead atoms. The summed E-state index contributed by atoms with van der Waals surface area (Å²) in [4.78, 5) is 16.0. The van der Waals surface area contributed by atoms with Crippen LogP contribution in [0.5, 0.6) is 0 Å². The minimum atomic E-state index is -4.87. The smallest absolute Gasteiger partial charge is 0.429 e. The zero-order valence-electron chi connectivity index (χ0n) is 17.7. The van der Waals surface area contributed by atoms with Gasteiger partial charge in [0.15, 0.2) is 9.84 Å². The summed E-state index contributed by atoms with van der Waals surface area (Å²) in [5.41, 5.74) is -1.56. The first-order valence-electron chi connectivity index (χ1n) is 9.52. The van der Waals surface area contributed by atoms with Crippen LogP contribution >= 0.6 is 34.5 Å². The lowest BCUT2D eigenvalue weighted by Crippen LogP contribution is -2.24. The second-order valence-corrected chi connectivity index (χ2v) is 11.2. The maximum absolute atomic E-state index is 13.1. The van der Waals surface area contributed by atoms with Crippen molar-refractivity contribution in [2.24, 2.45) is 4.99 Å². The number of thiophene rings is 1. The standard InChI is InChI=1S/C22H15Cl2F3N2O4S2/c1-35(32,33)19-8-11(2-4-13(19)21(30)31)17-6-7-18(34-17)16(10-20(28)22(25,26)27)29-15-9-12(23)3-5-14(15)24/h2-9,28H,10H2,1H3,(H,30,31). The maximum Gasteiger partial charge on any atom is 0.429 e. The van der Waals surface area contributed by atoms with Crippen LogP contribution < -0.4 is 0 Å². The Morgan fingerprint density at radius 2 is 1.80 bits per heavy atom. The van der Waals surface area contributed by atoms with Gasteiger partial charge < -0.3 is 10.5 Å². The van der Waals surface area contributed by atoms with Gasteiger partial charge in [0.1, 0.15) is 5.71 Å². The van der Waals surface area contributed by atoms with Crippen molar-refractivity contribution in [3.05, 3.63) is 69.0 Å². The summed E-state index contributed by atoms with van der Waals surface area (Å²) in [5.74, 6) is -1.41. The zero-order valence-corrected chi connectivity index (χ0v) is 20.8. The van der Waals surface area contributed by atoms with Crippen molar-refractivity contribution in [2.45, 2.75) is 17.5 Å². The summed E-state index contributed by atoms with van der Waals surface area (Å²) in [6.07, 6.45) is -4.84. The average Bonchev–Trinajstić information content (AvgIpc) is 3.24. The number of benzene rings is 2. The summed E-state index contributed by atoms with van der Waals surface area (Å²) >= 11 is 13.1. The van der Waals surface area contributed by atoms with E-state index in [2.05, 4.69) is 4.99 Å². The lowest BCUT2D eigenvalue weighted by atomic mass is 10.1. The van der Waals surface area contributed by atoms with E-state index in [1.165, 1.54) is 42.5 Å². The monoisotopic (exact) mass is 562 g/mol. The second kappa shape index (κ2) is 10.1. The van der Waals surface area contributed by atoms with Gasteiger partial charge >= 0.3 is 12.1 Å². The van der Waals surface area contributed by atoms with E-state index in [-0.39, 0.29) is 26.3 Å². The van der Waals surface area contributed by atoms with Gasteiger partial charge in [-0.2, -0.15) is 13.2 Å². The predicted molar refractivity (Wildman–Crippen MR) is 131 cm³/mol. The predicted octanol–water partition coefficient (Wildman–Crippen LogP) is 6.92. The molecule has 1 aromatic heterocycles. The number of carboxylic acids is 1. The van der Waals surface area contributed by atoms with E-state index in [1.54, 1.807) is 0 Å². The summed E-state index contributed by atoms with van der Waals surface area (Å²) in [6.45, 7) is 0. The Labute approximate surface area is 212 Å². The van der Waals surface area contributed by atoms with Crippen LogP contribution in [0.3, 0.4) is 0 Å². The van der Waals surface area contributed by atoms with E-state index in [4.69, 9.17) is 28.6 Å². The molecule has 35 heavy (non-hydrogen) atoms. The fourth-order valence-corrected chi connectivity index (χ4v) is 5.19. The van der Waals surface area contributed by atoms with Gasteiger partial charge in [-0.1, -0.05) is 29.3 Å². The molecule has 184 valence electrons. The van der Waals surface area contributed by atoms with Crippen LogP contribution in [0.1, 0.15) is 21.7 Å². The normalized spacial score (nSPS) is 12.6. The number of sulfone groups is 1. The van der Waals surface area contributed by atoms with E-state index >= 15 is 0 Å². The topological polar surface area (TPSA) is 108 Å². The number of halogens is 5. The van der Waals surface area contributed by atoms with Crippen molar-refractivity contribution >= 4 is 67.5 Å². The Bertz CT molecular complexity index is 1470. The van der Waals surface area contributed by atoms with E-state index < -0.39 is 44.6 Å². The van der Waals surface area contributed by atoms with Crippen LogP contribution in [0.15, 0.2) is 58.4 Å². The van der Waals surface area contributed by atoms with Crippen molar-refractivity contribution < 1.29 is 31.5 Å². The highest BCUT2D eigenvalue weighted by atomic mass is 35.5. The lowest BCUT2D eigenvalue weighted by molar-refractivity contribution is -0.0605. The third-order valence-electron chi connectivity index (χ3n) is 4.64. The van der Waals surface area contributed by atoms with Gasteiger partial charge in [-0.3, -0.25) is 0 Å². The number of aliphatic imine (C=N–C) groups is 1. The van der Waals surface area contributed by atoms with Crippen LogP contribution in [0, 0.1) is 5.41 Å². The Morgan fingerprint density at radius 3 is 2.40 bits per heavy atom. The molecule has 0 saturated carbocycles. The number of carbonyl (C=O) groups is 1. The van der Waals surface area contributed by atoms with Crippen molar-refractivity contribution in [2.75, 3.05) is 6.26 Å². The number of rotatable bonds is 7. The summed E-state index contributed by atoms with van der Waals surface area (Å²) < 4.78 is 63.5. The average molecular weight is 563 g/mol. The summed E-state index contributed by atoms with van der Waals surface area (Å²) in [5, 5.41) is 17.1. The molecule has 0 amide bonds. The van der Waals surface area contributed by atoms with Crippen molar-refractivity contribution in [1.82, 2.24) is 0 Å². The summed E-state index contributed by atoms with van der Waals surface area (Å²) in [6, 6.07) is 11.1. The molecule has 0 fully saturated rings. The Morgan fingerprint density at radius 1 is 1.11 bits per heavy atom. The van der Waals surface area contributed by atoms with Gasteiger partial charge in [-0.05, 0) is 48.0 Å². The number of nitrogens with one attached hydrogen (secondary N) is 1. The Balaban J connectivity index is 2.12. The van der Waals surface area contributed by atoms with Gasteiger partial charge in [-0.25, -0.2) is 18.2 Å². The van der Waals surface area contributed by atoms with Crippen molar-refractivity contribution in [3.8, 4) is 10.4 Å². The first-order valence-corrected chi connectivity index (χ1v) is 13.0. The maximum atomic E-state index is 13.1. The molecule has 3 rings (SSSR count). The molecule has 6 nitrogen and oxygen atoms in total. The molecular weight excluding hydrogens is 548 g/mol. The molecule has 0 saturated heterocycles. The van der Waals surface area contributed by atoms with Gasteiger partial charge in [-0.15, -0.1) is 11.3 Å². The molecular formula is C22H15Cl2F3N2O4S2. The first-order chi connectivity index (χ1) is 16.2. The number of aromatic carboxylic acids is 1. The third kappa shape index (κ3) is 6.49. The zero-order chi connectivity index (χ0) is 26.1. The molecule has 1 heterocycles. The number of alkyl halides is 3. The Hall–Kier alpha value is -2.73. The van der Waals surface area contributed by atoms with Crippen LogP contribution in [-0.4, -0.2) is 43.3 Å². The SMILES string of the molecule is CS(=O)(=O)c1cc(-c2ccc(C(CC(=N)C(F)(F)F)=Nc3cc(Cl)ccc3Cl)s2)ccc1C(=O)O. The molecule has 0 atom stereocenters. The number of hydrogen-bond acceptors (Lipinski definition) is 6. The minimum absolute atomic E-state index is 0.0989. The highest BCUT2D eigenvalue weighted by molar-refractivity contribution is 7.90. The van der Waals surface area contributed by atoms with Crippen LogP contribution in [0.2, 0.25) is 10.0 Å². The molecule has 0 spiro atoms. The number of hydrogen-bond donors (Lipinski definition) is 2. The van der Waals surface area contributed by atoms with Gasteiger partial charge in [0.25, 0.3) is 0 Å². The molecule has 0 unspecified atom stereocenters. The molecule has 0 aliphatic heterocycles. The molecule has 2 N–H and O–H groups in total. The number of nitrogens with zero attached hydrogens (tertiary/aromatic N) is 1. The lowest BCUT2D eigenvalue weighted by Gasteiger charge is -2.10. The van der Waals surface area contributed by atoms with Crippen molar-refractivity contribution in [1.29, 1.82) is 5.41 Å². The molecule has 2 aromatic carbocycles. The largest absolute Gasteiger partial charge is 0.478 e. The van der Waals surface area contributed by atoms with Gasteiger partial charge in [0.05, 0.1) is 26.9 Å². The summed E-state index contributed by atoms with van der Waals surface area (Å²) in [7, 11) is -3.88. The quantitative estimate of drug-likeness (QED) is 0.305. The first kappa shape index (κ1) is 26.9. The third-order valence-corrected chi connectivity index (χ3v) is 7.51. The van der Waals surface area contributed by atoms with E-state index in [0.29, 0.717) is 10.4 Å². The Kier molecular flexibility index (Phi) is 7.75. The molecule has 13 heteroatoms. The molecule has 0 aliphatic rings. The fraction of sp³-hybridized carbons (Fsp3) is 0.136.